The van der Waals surface area contributed by atoms with E-state index in [2.05, 4.69) is 21.2 Å². The van der Waals surface area contributed by atoms with E-state index in [1.807, 2.05) is 0 Å². The predicted octanol–water partition coefficient (Wildman–Crippen LogP) is 4.53. The van der Waals surface area contributed by atoms with Crippen LogP contribution in [0.25, 0.3) is 5.69 Å². The fraction of sp³-hybridized carbons (Fsp3) is 0.143. The molecular formula is C21H17BrF2N2O4. The van der Waals surface area contributed by atoms with Gasteiger partial charge in [-0.15, -0.1) is 0 Å². The number of halogens is 3. The van der Waals surface area contributed by atoms with E-state index in [9.17, 15) is 18.4 Å². The Bertz CT molecular complexity index is 1150. The van der Waals surface area contributed by atoms with Crippen LogP contribution >= 0.6 is 15.9 Å². The summed E-state index contributed by atoms with van der Waals surface area (Å²) in [4.78, 5) is 23.4. The third-order valence-corrected chi connectivity index (χ3v) is 5.07. The lowest BCUT2D eigenvalue weighted by Crippen LogP contribution is -2.22. The van der Waals surface area contributed by atoms with Gasteiger partial charge in [-0.2, -0.15) is 0 Å². The molecule has 2 aromatic carbocycles. The maximum absolute atomic E-state index is 13.8. The highest BCUT2D eigenvalue weighted by molar-refractivity contribution is 9.10. The third-order valence-electron chi connectivity index (χ3n) is 4.34. The van der Waals surface area contributed by atoms with Gasteiger partial charge in [0.1, 0.15) is 28.5 Å². The zero-order chi connectivity index (χ0) is 21.8. The number of carbonyl (C=O) groups is 1. The van der Waals surface area contributed by atoms with Crippen molar-refractivity contribution >= 4 is 22.0 Å². The average molecular weight is 479 g/mol. The molecule has 0 saturated carbocycles. The van der Waals surface area contributed by atoms with Gasteiger partial charge in [0.05, 0.1) is 0 Å². The molecule has 30 heavy (non-hydrogen) atoms. The molecule has 9 heteroatoms. The standard InChI is InChI=1S/C21H17BrF2N2O4/c1-12-8-18(30-11-14-4-5-15(23)9-17(14)24)19(22)20(27)26(12)16-6-2-13(3-7-16)10-25-21(28)29/h2-9,25H,10-11H2,1H3,(H,28,29). The molecule has 0 fully saturated rings. The Morgan fingerprint density at radius 3 is 2.50 bits per heavy atom. The first-order chi connectivity index (χ1) is 14.3. The highest BCUT2D eigenvalue weighted by Crippen LogP contribution is 2.25. The van der Waals surface area contributed by atoms with Crippen molar-refractivity contribution in [2.45, 2.75) is 20.1 Å². The quantitative estimate of drug-likeness (QED) is 0.545. The highest BCUT2D eigenvalue weighted by Gasteiger charge is 2.14. The summed E-state index contributed by atoms with van der Waals surface area (Å²) in [5.74, 6) is -1.17. The van der Waals surface area contributed by atoms with Crippen molar-refractivity contribution in [3.63, 3.8) is 0 Å². The molecule has 0 aliphatic carbocycles. The molecule has 0 atom stereocenters. The normalized spacial score (nSPS) is 10.7. The number of nitrogens with one attached hydrogen (secondary N) is 1. The monoisotopic (exact) mass is 478 g/mol. The zero-order valence-corrected chi connectivity index (χ0v) is 17.4. The predicted molar refractivity (Wildman–Crippen MR) is 110 cm³/mol. The molecule has 0 saturated heterocycles. The van der Waals surface area contributed by atoms with Crippen LogP contribution in [0.2, 0.25) is 0 Å². The number of amides is 1. The van der Waals surface area contributed by atoms with Gasteiger partial charge in [-0.25, -0.2) is 13.6 Å². The average Bonchev–Trinajstić information content (AvgIpc) is 2.70. The van der Waals surface area contributed by atoms with Crippen molar-refractivity contribution in [3.8, 4) is 11.4 Å². The fourth-order valence-electron chi connectivity index (χ4n) is 2.84. The summed E-state index contributed by atoms with van der Waals surface area (Å²) in [5, 5.41) is 10.9. The van der Waals surface area contributed by atoms with Crippen LogP contribution in [0.3, 0.4) is 0 Å². The number of carboxylic acid groups (broad SMARTS) is 1. The van der Waals surface area contributed by atoms with Gasteiger partial charge in [0.25, 0.3) is 5.56 Å². The van der Waals surface area contributed by atoms with E-state index in [1.54, 1.807) is 37.3 Å². The molecule has 0 spiro atoms. The zero-order valence-electron chi connectivity index (χ0n) is 15.8. The molecule has 2 N–H and O–H groups in total. The molecule has 0 bridgehead atoms. The number of ether oxygens (including phenoxy) is 1. The van der Waals surface area contributed by atoms with E-state index >= 15 is 0 Å². The van der Waals surface area contributed by atoms with Crippen LogP contribution in [0.1, 0.15) is 16.8 Å². The van der Waals surface area contributed by atoms with Crippen LogP contribution in [-0.4, -0.2) is 15.8 Å². The minimum atomic E-state index is -1.12. The Hall–Kier alpha value is -3.20. The van der Waals surface area contributed by atoms with Gasteiger partial charge in [0, 0.05) is 35.6 Å². The van der Waals surface area contributed by atoms with E-state index in [-0.39, 0.29) is 34.5 Å². The lowest BCUT2D eigenvalue weighted by molar-refractivity contribution is 0.194. The van der Waals surface area contributed by atoms with Crippen LogP contribution < -0.4 is 15.6 Å². The lowest BCUT2D eigenvalue weighted by Gasteiger charge is -2.15. The van der Waals surface area contributed by atoms with Crippen molar-refractivity contribution in [3.05, 3.63) is 91.8 Å². The SMILES string of the molecule is Cc1cc(OCc2ccc(F)cc2F)c(Br)c(=O)n1-c1ccc(CNC(=O)O)cc1. The molecule has 156 valence electrons. The first-order valence-electron chi connectivity index (χ1n) is 8.81. The third kappa shape index (κ3) is 4.85. The van der Waals surface area contributed by atoms with Gasteiger partial charge in [0.15, 0.2) is 0 Å². The first-order valence-corrected chi connectivity index (χ1v) is 9.60. The second kappa shape index (κ2) is 9.08. The minimum Gasteiger partial charge on any atom is -0.487 e. The number of hydrogen-bond donors (Lipinski definition) is 2. The second-order valence-electron chi connectivity index (χ2n) is 6.45. The summed E-state index contributed by atoms with van der Waals surface area (Å²) >= 11 is 3.23. The Morgan fingerprint density at radius 1 is 1.17 bits per heavy atom. The molecule has 3 aromatic rings. The summed E-state index contributed by atoms with van der Waals surface area (Å²) in [6.45, 7) is 1.71. The van der Waals surface area contributed by atoms with Gasteiger partial charge in [-0.3, -0.25) is 9.36 Å². The van der Waals surface area contributed by atoms with E-state index in [4.69, 9.17) is 9.84 Å². The van der Waals surface area contributed by atoms with Gasteiger partial charge in [0.2, 0.25) is 0 Å². The second-order valence-corrected chi connectivity index (χ2v) is 7.25. The topological polar surface area (TPSA) is 80.6 Å². The Kier molecular flexibility index (Phi) is 6.51. The molecule has 1 amide bonds. The van der Waals surface area contributed by atoms with E-state index in [0.29, 0.717) is 11.4 Å². The van der Waals surface area contributed by atoms with Gasteiger partial charge >= 0.3 is 6.09 Å². The molecule has 6 nitrogen and oxygen atoms in total. The van der Waals surface area contributed by atoms with Crippen LogP contribution in [0.5, 0.6) is 5.75 Å². The number of aromatic nitrogens is 1. The van der Waals surface area contributed by atoms with Crippen molar-refractivity contribution in [2.75, 3.05) is 0 Å². The minimum absolute atomic E-state index is 0.153. The molecule has 3 rings (SSSR count). The number of benzene rings is 2. The summed E-state index contributed by atoms with van der Waals surface area (Å²) in [7, 11) is 0. The van der Waals surface area contributed by atoms with Crippen molar-refractivity contribution in [1.82, 2.24) is 9.88 Å². The number of nitrogens with zero attached hydrogens (tertiary/aromatic N) is 1. The molecule has 0 radical (unpaired) electrons. The van der Waals surface area contributed by atoms with Crippen molar-refractivity contribution < 1.29 is 23.4 Å². The van der Waals surface area contributed by atoms with Crippen LogP contribution in [0.4, 0.5) is 13.6 Å². The largest absolute Gasteiger partial charge is 0.487 e. The Labute approximate surface area is 178 Å². The maximum Gasteiger partial charge on any atom is 0.404 e. The van der Waals surface area contributed by atoms with Gasteiger partial charge in [-0.1, -0.05) is 12.1 Å². The number of rotatable bonds is 6. The van der Waals surface area contributed by atoms with Crippen LogP contribution in [-0.2, 0) is 13.2 Å². The maximum atomic E-state index is 13.8. The molecule has 0 aliphatic rings. The molecular weight excluding hydrogens is 462 g/mol. The smallest absolute Gasteiger partial charge is 0.404 e. The number of aryl methyl sites for hydroxylation is 1. The molecule has 0 aliphatic heterocycles. The lowest BCUT2D eigenvalue weighted by atomic mass is 10.2. The number of pyridine rings is 1. The fourth-order valence-corrected chi connectivity index (χ4v) is 3.25. The van der Waals surface area contributed by atoms with E-state index in [1.165, 1.54) is 10.6 Å². The summed E-state index contributed by atoms with van der Waals surface area (Å²) in [5.41, 5.74) is 1.70. The Morgan fingerprint density at radius 2 is 1.87 bits per heavy atom. The Balaban J connectivity index is 1.84. The highest BCUT2D eigenvalue weighted by atomic mass is 79.9. The van der Waals surface area contributed by atoms with Crippen LogP contribution in [0, 0.1) is 18.6 Å². The van der Waals surface area contributed by atoms with Crippen molar-refractivity contribution in [2.24, 2.45) is 0 Å². The molecule has 1 heterocycles. The molecule has 1 aromatic heterocycles. The first kappa shape index (κ1) is 21.5. The van der Waals surface area contributed by atoms with Gasteiger partial charge < -0.3 is 15.2 Å². The summed E-state index contributed by atoms with van der Waals surface area (Å²) in [6, 6.07) is 11.7. The molecule has 0 unspecified atom stereocenters. The van der Waals surface area contributed by atoms with Crippen LogP contribution in [0.15, 0.2) is 57.8 Å². The van der Waals surface area contributed by atoms with Gasteiger partial charge in [-0.05, 0) is 52.7 Å². The summed E-state index contributed by atoms with van der Waals surface area (Å²) in [6.07, 6.45) is -1.12. The number of hydrogen-bond acceptors (Lipinski definition) is 3. The van der Waals surface area contributed by atoms with Crippen molar-refractivity contribution in [1.29, 1.82) is 0 Å². The summed E-state index contributed by atoms with van der Waals surface area (Å²) < 4.78 is 34.0. The van der Waals surface area contributed by atoms with E-state index < -0.39 is 17.7 Å². The van der Waals surface area contributed by atoms with E-state index in [0.717, 1.165) is 17.7 Å².